The van der Waals surface area contributed by atoms with Gasteiger partial charge in [-0.05, 0) is 43.2 Å². The fraction of sp³-hybridized carbons (Fsp3) is 0.333. The van der Waals surface area contributed by atoms with Crippen LogP contribution < -0.4 is 15.0 Å². The van der Waals surface area contributed by atoms with E-state index >= 15 is 0 Å². The molecule has 0 radical (unpaired) electrons. The van der Waals surface area contributed by atoms with Crippen molar-refractivity contribution in [2.75, 3.05) is 25.1 Å². The number of nitrogens with zero attached hydrogens (tertiary/aromatic N) is 2. The molecule has 1 aromatic heterocycles. The van der Waals surface area contributed by atoms with Gasteiger partial charge in [0.25, 0.3) is 6.01 Å². The maximum absolute atomic E-state index is 12.8. The van der Waals surface area contributed by atoms with Crippen LogP contribution in [0.1, 0.15) is 18.4 Å². The first-order chi connectivity index (χ1) is 13.6. The number of anilines is 1. The van der Waals surface area contributed by atoms with E-state index in [1.807, 2.05) is 42.5 Å². The fourth-order valence-electron chi connectivity index (χ4n) is 3.57. The highest BCUT2D eigenvalue weighted by molar-refractivity contribution is 9.10. The van der Waals surface area contributed by atoms with Crippen molar-refractivity contribution in [1.82, 2.24) is 10.3 Å². The minimum Gasteiger partial charge on any atom is -0.496 e. The molecule has 1 atom stereocenters. The smallest absolute Gasteiger partial charge is 0.298 e. The lowest BCUT2D eigenvalue weighted by atomic mass is 9.97. The van der Waals surface area contributed by atoms with Crippen molar-refractivity contribution in [2.45, 2.75) is 19.4 Å². The largest absolute Gasteiger partial charge is 0.496 e. The van der Waals surface area contributed by atoms with E-state index in [2.05, 4.69) is 31.1 Å². The molecule has 0 spiro atoms. The van der Waals surface area contributed by atoms with Crippen molar-refractivity contribution in [1.29, 1.82) is 0 Å². The zero-order valence-corrected chi connectivity index (χ0v) is 17.2. The number of halogens is 1. The SMILES string of the molecule is COc1ccc(Br)cc1CNC(=O)[C@H]1CCCN(c2nc3ccccc3o2)C1. The number of benzene rings is 2. The van der Waals surface area contributed by atoms with Crippen LogP contribution >= 0.6 is 15.9 Å². The maximum atomic E-state index is 12.8. The van der Waals surface area contributed by atoms with E-state index in [-0.39, 0.29) is 11.8 Å². The number of hydrogen-bond acceptors (Lipinski definition) is 5. The third-order valence-corrected chi connectivity index (χ3v) is 5.53. The zero-order chi connectivity index (χ0) is 19.5. The zero-order valence-electron chi connectivity index (χ0n) is 15.7. The van der Waals surface area contributed by atoms with Gasteiger partial charge in [0.05, 0.1) is 13.0 Å². The van der Waals surface area contributed by atoms with Crippen LogP contribution in [0.15, 0.2) is 51.4 Å². The van der Waals surface area contributed by atoms with E-state index in [4.69, 9.17) is 9.15 Å². The lowest BCUT2D eigenvalue weighted by Crippen LogP contribution is -2.43. The van der Waals surface area contributed by atoms with Crippen LogP contribution in [0, 0.1) is 5.92 Å². The van der Waals surface area contributed by atoms with Gasteiger partial charge in [-0.2, -0.15) is 4.98 Å². The molecule has 1 saturated heterocycles. The van der Waals surface area contributed by atoms with Gasteiger partial charge in [0.1, 0.15) is 11.3 Å². The number of para-hydroxylation sites is 2. The summed E-state index contributed by atoms with van der Waals surface area (Å²) < 4.78 is 12.2. The van der Waals surface area contributed by atoms with Gasteiger partial charge in [-0.25, -0.2) is 0 Å². The number of rotatable bonds is 5. The predicted molar refractivity (Wildman–Crippen MR) is 111 cm³/mol. The van der Waals surface area contributed by atoms with Gasteiger partial charge in [-0.1, -0.05) is 28.1 Å². The molecule has 7 heteroatoms. The lowest BCUT2D eigenvalue weighted by molar-refractivity contribution is -0.125. The second-order valence-electron chi connectivity index (χ2n) is 6.92. The van der Waals surface area contributed by atoms with Crippen molar-refractivity contribution in [3.05, 3.63) is 52.5 Å². The molecule has 28 heavy (non-hydrogen) atoms. The van der Waals surface area contributed by atoms with Crippen LogP contribution in [-0.4, -0.2) is 31.1 Å². The molecule has 0 unspecified atom stereocenters. The van der Waals surface area contributed by atoms with Gasteiger partial charge in [0.2, 0.25) is 5.91 Å². The number of fused-ring (bicyclic) bond motifs is 1. The molecular weight excluding hydrogens is 422 g/mol. The Morgan fingerprint density at radius 3 is 3.04 bits per heavy atom. The molecule has 0 aliphatic carbocycles. The van der Waals surface area contributed by atoms with Crippen molar-refractivity contribution in [3.63, 3.8) is 0 Å². The maximum Gasteiger partial charge on any atom is 0.298 e. The van der Waals surface area contributed by atoms with Crippen LogP contribution in [0.4, 0.5) is 6.01 Å². The standard InChI is InChI=1S/C21H22BrN3O3/c1-27-18-9-8-16(22)11-15(18)12-23-20(26)14-5-4-10-25(13-14)21-24-17-6-2-3-7-19(17)28-21/h2-3,6-9,11,14H,4-5,10,12-13H2,1H3,(H,23,26)/t14-/m0/s1. The van der Waals surface area contributed by atoms with Crippen molar-refractivity contribution < 1.29 is 13.9 Å². The number of carbonyl (C=O) groups is 1. The quantitative estimate of drug-likeness (QED) is 0.641. The molecule has 1 N–H and O–H groups in total. The molecule has 3 aromatic rings. The van der Waals surface area contributed by atoms with Crippen molar-refractivity contribution in [2.24, 2.45) is 5.92 Å². The molecule has 2 aromatic carbocycles. The molecule has 1 aliphatic heterocycles. The van der Waals surface area contributed by atoms with E-state index < -0.39 is 0 Å². The number of oxazole rings is 1. The van der Waals surface area contributed by atoms with Gasteiger partial charge >= 0.3 is 0 Å². The number of hydrogen-bond donors (Lipinski definition) is 1. The summed E-state index contributed by atoms with van der Waals surface area (Å²) in [6, 6.07) is 14.1. The van der Waals surface area contributed by atoms with Crippen LogP contribution in [0.5, 0.6) is 5.75 Å². The number of methoxy groups -OCH3 is 1. The highest BCUT2D eigenvalue weighted by Gasteiger charge is 2.28. The molecule has 2 heterocycles. The Hall–Kier alpha value is -2.54. The van der Waals surface area contributed by atoms with Crippen molar-refractivity contribution >= 4 is 39.0 Å². The normalized spacial score (nSPS) is 16.9. The first kappa shape index (κ1) is 18.8. The third-order valence-electron chi connectivity index (χ3n) is 5.04. The summed E-state index contributed by atoms with van der Waals surface area (Å²) in [5.41, 5.74) is 2.55. The Morgan fingerprint density at radius 1 is 1.36 bits per heavy atom. The van der Waals surface area contributed by atoms with Gasteiger partial charge in [-0.15, -0.1) is 0 Å². The third kappa shape index (κ3) is 3.99. The lowest BCUT2D eigenvalue weighted by Gasteiger charge is -2.30. The van der Waals surface area contributed by atoms with Gasteiger partial charge in [0, 0.05) is 29.7 Å². The predicted octanol–water partition coefficient (Wildman–Crippen LogP) is 4.13. The molecule has 0 saturated carbocycles. The summed E-state index contributed by atoms with van der Waals surface area (Å²) in [6.07, 6.45) is 1.79. The Labute approximate surface area is 172 Å². The molecule has 1 aliphatic rings. The van der Waals surface area contributed by atoms with Gasteiger partial charge in [-0.3, -0.25) is 4.79 Å². The van der Waals surface area contributed by atoms with Crippen LogP contribution in [0.2, 0.25) is 0 Å². The van der Waals surface area contributed by atoms with Gasteiger partial charge in [0.15, 0.2) is 5.58 Å². The van der Waals surface area contributed by atoms with Crippen LogP contribution in [0.25, 0.3) is 11.1 Å². The average Bonchev–Trinajstić information content (AvgIpc) is 3.16. The van der Waals surface area contributed by atoms with E-state index in [0.717, 1.165) is 46.3 Å². The second kappa shape index (κ2) is 8.22. The fourth-order valence-corrected chi connectivity index (χ4v) is 3.98. The molecule has 0 bridgehead atoms. The topological polar surface area (TPSA) is 67.6 Å². The van der Waals surface area contributed by atoms with E-state index in [9.17, 15) is 4.79 Å². The summed E-state index contributed by atoms with van der Waals surface area (Å²) in [4.78, 5) is 19.4. The number of piperidine rings is 1. The van der Waals surface area contributed by atoms with E-state index in [1.165, 1.54) is 0 Å². The molecule has 1 amide bonds. The Balaban J connectivity index is 1.41. The minimum absolute atomic E-state index is 0.0443. The summed E-state index contributed by atoms with van der Waals surface area (Å²) in [5, 5.41) is 3.05. The first-order valence-corrected chi connectivity index (χ1v) is 10.1. The molecule has 6 nitrogen and oxygen atoms in total. The highest BCUT2D eigenvalue weighted by Crippen LogP contribution is 2.27. The minimum atomic E-state index is -0.0955. The number of nitrogens with one attached hydrogen (secondary N) is 1. The number of amides is 1. The molecule has 4 rings (SSSR count). The first-order valence-electron chi connectivity index (χ1n) is 9.34. The second-order valence-corrected chi connectivity index (χ2v) is 7.84. The number of carbonyl (C=O) groups excluding carboxylic acids is 1. The summed E-state index contributed by atoms with van der Waals surface area (Å²) >= 11 is 3.47. The number of ether oxygens (including phenoxy) is 1. The number of aromatic nitrogens is 1. The van der Waals surface area contributed by atoms with E-state index in [0.29, 0.717) is 19.1 Å². The summed E-state index contributed by atoms with van der Waals surface area (Å²) in [6.45, 7) is 1.88. The Bertz CT molecular complexity index is 955. The summed E-state index contributed by atoms with van der Waals surface area (Å²) in [5.74, 6) is 0.713. The Kier molecular flexibility index (Phi) is 5.52. The monoisotopic (exact) mass is 443 g/mol. The van der Waals surface area contributed by atoms with E-state index in [1.54, 1.807) is 7.11 Å². The molecular formula is C21H22BrN3O3. The van der Waals surface area contributed by atoms with Crippen LogP contribution in [0.3, 0.4) is 0 Å². The Morgan fingerprint density at radius 2 is 2.21 bits per heavy atom. The van der Waals surface area contributed by atoms with Crippen molar-refractivity contribution in [3.8, 4) is 5.75 Å². The average molecular weight is 444 g/mol. The summed E-state index contributed by atoms with van der Waals surface area (Å²) in [7, 11) is 1.63. The van der Waals surface area contributed by atoms with Gasteiger partial charge < -0.3 is 19.4 Å². The van der Waals surface area contributed by atoms with Crippen LogP contribution in [-0.2, 0) is 11.3 Å². The molecule has 1 fully saturated rings. The highest BCUT2D eigenvalue weighted by atomic mass is 79.9. The molecule has 146 valence electrons.